The molecular formula is C114H180N12O12. The topological polar surface area (TPSA) is 386 Å². The summed E-state index contributed by atoms with van der Waals surface area (Å²) >= 11 is 0. The molecule has 768 valence electrons. The van der Waals surface area contributed by atoms with E-state index in [9.17, 15) is 28.8 Å². The minimum absolute atomic E-state index is 0.167. The van der Waals surface area contributed by atoms with Gasteiger partial charge in [-0.25, -0.2) is 0 Å². The fourth-order valence-electron chi connectivity index (χ4n) is 17.3. The first-order valence-electron chi connectivity index (χ1n) is 52.0. The van der Waals surface area contributed by atoms with Crippen molar-refractivity contribution >= 4 is 35.4 Å². The summed E-state index contributed by atoms with van der Waals surface area (Å²) in [6, 6.07) is 26.3. The number of amides is 6. The van der Waals surface area contributed by atoms with Crippen LogP contribution in [0.25, 0.3) is 0 Å². The van der Waals surface area contributed by atoms with E-state index < -0.39 is 32.5 Å². The van der Waals surface area contributed by atoms with E-state index in [1.54, 1.807) is 0 Å². The number of unbranched alkanes of at least 4 members (excludes halogenated alkanes) is 18. The van der Waals surface area contributed by atoms with Crippen molar-refractivity contribution in [3.05, 3.63) is 173 Å². The number of ether oxygens (including phenoxy) is 6. The lowest BCUT2D eigenvalue weighted by atomic mass is 9.79. The van der Waals surface area contributed by atoms with E-state index in [4.69, 9.17) is 62.8 Å². The molecule has 0 saturated heterocycles. The highest BCUT2D eigenvalue weighted by Crippen LogP contribution is 2.47. The second-order valence-corrected chi connectivity index (χ2v) is 44.4. The van der Waals surface area contributed by atoms with Crippen molar-refractivity contribution in [3.8, 4) is 34.5 Å². The molecule has 0 spiro atoms. The third-order valence-corrected chi connectivity index (χ3v) is 25.7. The molecule has 0 atom stereocenters. The zero-order valence-corrected chi connectivity index (χ0v) is 88.2. The molecule has 0 saturated carbocycles. The second kappa shape index (κ2) is 57.6. The lowest BCUT2D eigenvalue weighted by Gasteiger charge is -2.29. The van der Waals surface area contributed by atoms with Gasteiger partial charge < -0.3 is 94.7 Å². The maximum Gasteiger partial charge on any atom is 0.257 e. The largest absolute Gasteiger partial charge is 0.483 e. The van der Waals surface area contributed by atoms with E-state index in [1.807, 2.05) is 0 Å². The number of nitrogens with two attached hydrogens (primary N) is 6. The molecule has 24 nitrogen and oxygen atoms in total. The molecule has 6 aromatic rings. The van der Waals surface area contributed by atoms with E-state index in [1.165, 1.54) is 0 Å². The van der Waals surface area contributed by atoms with E-state index in [0.717, 1.165) is 254 Å². The lowest BCUT2D eigenvalue weighted by molar-refractivity contribution is -0.123. The molecule has 0 radical (unpaired) electrons. The van der Waals surface area contributed by atoms with Gasteiger partial charge in [0.1, 0.15) is 34.5 Å². The van der Waals surface area contributed by atoms with Gasteiger partial charge in [-0.15, -0.1) is 0 Å². The summed E-state index contributed by atoms with van der Waals surface area (Å²) in [7, 11) is 0. The van der Waals surface area contributed by atoms with Gasteiger partial charge in [0, 0.05) is 77.8 Å². The van der Waals surface area contributed by atoms with Gasteiger partial charge in [0.05, 0.1) is 0 Å². The molecule has 138 heavy (non-hydrogen) atoms. The monoisotopic (exact) mass is 1910 g/mol. The Morgan fingerprint density at radius 3 is 0.406 bits per heavy atom. The molecule has 0 unspecified atom stereocenters. The van der Waals surface area contributed by atoms with Crippen LogP contribution in [0.1, 0.15) is 379 Å². The highest BCUT2D eigenvalue weighted by Gasteiger charge is 2.34. The van der Waals surface area contributed by atoms with Crippen molar-refractivity contribution in [2.45, 2.75) is 350 Å². The fourth-order valence-corrected chi connectivity index (χ4v) is 17.3. The Hall–Kier alpha value is -9.30. The van der Waals surface area contributed by atoms with Crippen LogP contribution in [-0.4, -0.2) is 154 Å². The van der Waals surface area contributed by atoms with Gasteiger partial charge in [-0.2, -0.15) is 0 Å². The molecule has 24 heteroatoms. The number of hydrogen-bond donors (Lipinski definition) is 12. The number of fused-ring (bicyclic) bond motifs is 12. The quantitative estimate of drug-likeness (QED) is 0.0158. The van der Waals surface area contributed by atoms with Crippen molar-refractivity contribution in [1.82, 2.24) is 31.9 Å². The fraction of sp³-hybridized carbons (Fsp3) is 0.632. The van der Waals surface area contributed by atoms with Crippen LogP contribution in [0, 0.1) is 0 Å². The third kappa shape index (κ3) is 39.6. The van der Waals surface area contributed by atoms with Crippen LogP contribution >= 0.6 is 0 Å². The zero-order valence-electron chi connectivity index (χ0n) is 88.2. The summed E-state index contributed by atoms with van der Waals surface area (Å²) in [5, 5.41) is 19.1. The van der Waals surface area contributed by atoms with E-state index in [-0.39, 0.29) is 114 Å². The summed E-state index contributed by atoms with van der Waals surface area (Å²) in [6.45, 7) is 43.5. The van der Waals surface area contributed by atoms with Gasteiger partial charge in [-0.05, 0) is 249 Å². The average molecular weight is 1910 g/mol. The predicted molar refractivity (Wildman–Crippen MR) is 564 cm³/mol. The van der Waals surface area contributed by atoms with Crippen LogP contribution in [0.5, 0.6) is 34.5 Å². The maximum atomic E-state index is 14.8. The van der Waals surface area contributed by atoms with E-state index in [0.29, 0.717) is 113 Å². The first-order chi connectivity index (χ1) is 65.5. The molecule has 0 aromatic heterocycles. The Balaban J connectivity index is 1.76. The Kier molecular flexibility index (Phi) is 48.3. The Morgan fingerprint density at radius 2 is 0.304 bits per heavy atom. The summed E-state index contributed by atoms with van der Waals surface area (Å²) < 4.78 is 43.9. The van der Waals surface area contributed by atoms with Crippen LogP contribution in [-0.2, 0) is 99.8 Å². The minimum Gasteiger partial charge on any atom is -0.483 e. The number of benzene rings is 6. The normalized spacial score (nSPS) is 12.7. The van der Waals surface area contributed by atoms with Crippen molar-refractivity contribution in [2.24, 2.45) is 34.4 Å². The lowest BCUT2D eigenvalue weighted by Crippen LogP contribution is -2.30. The Morgan fingerprint density at radius 1 is 0.196 bits per heavy atom. The second-order valence-electron chi connectivity index (χ2n) is 44.4. The summed E-state index contributed by atoms with van der Waals surface area (Å²) in [6.07, 6.45) is 21.9. The molecule has 12 bridgehead atoms. The van der Waals surface area contributed by atoms with Crippen LogP contribution in [0.3, 0.4) is 0 Å². The number of rotatable bonds is 54. The van der Waals surface area contributed by atoms with Crippen LogP contribution in [0.15, 0.2) is 72.8 Å². The average Bonchev–Trinajstić information content (AvgIpc) is 0.762. The third-order valence-electron chi connectivity index (χ3n) is 25.7. The molecule has 7 rings (SSSR count). The van der Waals surface area contributed by atoms with Crippen LogP contribution < -0.4 is 94.7 Å². The molecule has 0 aliphatic heterocycles. The van der Waals surface area contributed by atoms with E-state index >= 15 is 0 Å². The first-order valence-corrected chi connectivity index (χ1v) is 52.0. The van der Waals surface area contributed by atoms with Gasteiger partial charge in [0.25, 0.3) is 35.4 Å². The van der Waals surface area contributed by atoms with Crippen LogP contribution in [0.2, 0.25) is 0 Å². The standard InChI is InChI=1S/C114H180N12O12/c1-109(2,3)91-61-79-55-81-63-92(110(4,5)6)65-83(104(81)134-74-98(128)122-50-38-26-20-32-44-116)57-85-67-94(112(10,11)12)69-87(106(85)136-76-100(130)124-52-40-28-22-34-46-118)59-89-71-96(114(16,17)18)72-90(108(89)138-78-102(132)126-54-42-30-24-36-48-120)60-88-70-95(113(13,14)15)68-86(107(88)137-77-101(131)125-53-41-29-23-35-47-119)58-84-66-93(111(7,8)9)64-82(105(84)135-75-99(129)123-51-39-27-21-33-45-117)56-80(62-91)103(79)133-73-97(127)121-49-37-25-19-31-43-115/h61-72H,19-60,73-78,115-120H2,1-18H3,(H,121,127)(H,122,128)(H,123,129)(H,124,130)(H,125,131)(H,126,132). The molecule has 0 fully saturated rings. The predicted octanol–water partition coefficient (Wildman–Crippen LogP) is 17.4. The molecule has 1 aliphatic carbocycles. The number of carbonyl (C=O) groups excluding carboxylic acids is 6. The smallest absolute Gasteiger partial charge is 0.257 e. The van der Waals surface area contributed by atoms with Crippen molar-refractivity contribution in [1.29, 1.82) is 0 Å². The minimum atomic E-state index is -0.506. The highest BCUT2D eigenvalue weighted by molar-refractivity contribution is 5.81. The van der Waals surface area contributed by atoms with Crippen LogP contribution in [0.4, 0.5) is 0 Å². The number of carbonyl (C=O) groups is 6. The molecular weight excluding hydrogens is 1730 g/mol. The van der Waals surface area contributed by atoms with E-state index in [2.05, 4.69) is 229 Å². The maximum absolute atomic E-state index is 14.8. The zero-order chi connectivity index (χ0) is 101. The van der Waals surface area contributed by atoms with Crippen molar-refractivity contribution < 1.29 is 57.2 Å². The molecule has 1 aliphatic rings. The molecule has 18 N–H and O–H groups in total. The summed E-state index contributed by atoms with van der Waals surface area (Å²) in [4.78, 5) is 88.5. The Labute approximate surface area is 829 Å². The summed E-state index contributed by atoms with van der Waals surface area (Å²) in [5.41, 5.74) is 47.3. The first kappa shape index (κ1) is 116. The molecule has 0 heterocycles. The summed E-state index contributed by atoms with van der Waals surface area (Å²) in [5.74, 6) is 1.01. The van der Waals surface area contributed by atoms with Gasteiger partial charge in [-0.3, -0.25) is 28.8 Å². The highest BCUT2D eigenvalue weighted by atomic mass is 16.5. The van der Waals surface area contributed by atoms with Gasteiger partial charge in [0.2, 0.25) is 0 Å². The van der Waals surface area contributed by atoms with Crippen molar-refractivity contribution in [3.63, 3.8) is 0 Å². The van der Waals surface area contributed by atoms with Gasteiger partial charge >= 0.3 is 0 Å². The SMILES string of the molecule is CC(C)(C)c1cc2c(OCC(=O)NCCCCCCN)c(c1)Cc1cc(C(C)(C)C)cc(c1OCC(=O)NCCCCCCN)Cc1cc(C(C)(C)C)cc(c1OCC(=O)NCCCCCCN)Cc1cc(C(C)(C)C)cc(c1OCC(=O)NCCCCCCN)Cc1cc(C(C)(C)C)cc(c1OCC(=O)NCCCCCCN)Cc1cc(C(C)(C)C)cc(c1OCC(=O)NCCCCCCN)C2. The van der Waals surface area contributed by atoms with Gasteiger partial charge in [-0.1, -0.05) is 274 Å². The Bertz CT molecular complexity index is 3910. The number of nitrogens with one attached hydrogen (secondary N) is 6. The number of hydrogen-bond acceptors (Lipinski definition) is 18. The molecule has 6 aromatic carbocycles. The molecule has 6 amide bonds. The van der Waals surface area contributed by atoms with Gasteiger partial charge in [0.15, 0.2) is 39.6 Å². The van der Waals surface area contributed by atoms with Crippen molar-refractivity contribution in [2.75, 3.05) is 118 Å².